The quantitative estimate of drug-likeness (QED) is 0.474. The Bertz CT molecular complexity index is 8.75. The molecule has 0 atom stereocenters. The molecule has 6 heavy (non-hydrogen) atoms. The van der Waals surface area contributed by atoms with Gasteiger partial charge in [-0.05, 0) is 0 Å². The molecular formula is C2H8Cl3Hf-. The van der Waals surface area contributed by atoms with Crippen LogP contribution in [-0.2, 0) is 25.8 Å². The van der Waals surface area contributed by atoms with E-state index in [1.165, 1.54) is 0 Å². The molecule has 0 unspecified atom stereocenters. The summed E-state index contributed by atoms with van der Waals surface area (Å²) in [6.07, 6.45) is 0. The van der Waals surface area contributed by atoms with Gasteiger partial charge in [-0.15, -0.1) is 37.2 Å². The van der Waals surface area contributed by atoms with Gasteiger partial charge in [0.1, 0.15) is 0 Å². The smallest absolute Gasteiger partial charge is 0 e. The predicted molar refractivity (Wildman–Crippen MR) is 32.8 cm³/mol. The van der Waals surface area contributed by atoms with E-state index in [0.717, 1.165) is 0 Å². The van der Waals surface area contributed by atoms with Crippen molar-refractivity contribution in [1.82, 2.24) is 0 Å². The van der Waals surface area contributed by atoms with E-state index in [-0.39, 0.29) is 63.1 Å². The van der Waals surface area contributed by atoms with E-state index in [1.807, 2.05) is 0 Å². The SMILES string of the molecule is Cl.Cl.Cl.[CH2-]C.[Hf]. The van der Waals surface area contributed by atoms with Crippen LogP contribution in [0.25, 0.3) is 0 Å². The molecule has 42 valence electrons. The Kier molecular flexibility index (Phi) is 572. The Hall–Kier alpha value is 1.74. The van der Waals surface area contributed by atoms with Crippen molar-refractivity contribution in [2.75, 3.05) is 0 Å². The molecule has 0 fully saturated rings. The van der Waals surface area contributed by atoms with Crippen LogP contribution in [0, 0.1) is 6.92 Å². The first-order valence-electron chi connectivity index (χ1n) is 0.707. The Labute approximate surface area is 76.5 Å². The predicted octanol–water partition coefficient (Wildman–Crippen LogP) is 2.10. The van der Waals surface area contributed by atoms with Crippen molar-refractivity contribution in [2.24, 2.45) is 0 Å². The van der Waals surface area contributed by atoms with Crippen LogP contribution in [0.5, 0.6) is 0 Å². The van der Waals surface area contributed by atoms with Crippen LogP contribution in [0.4, 0.5) is 0 Å². The number of hydrogen-bond acceptors (Lipinski definition) is 0. The molecule has 0 nitrogen and oxygen atoms in total. The zero-order valence-corrected chi connectivity index (χ0v) is 9.47. The van der Waals surface area contributed by atoms with Crippen molar-refractivity contribution < 1.29 is 25.8 Å². The fourth-order valence-corrected chi connectivity index (χ4v) is 0. The average Bonchev–Trinajstić information content (AvgIpc) is 1.00. The molecule has 0 amide bonds. The topological polar surface area (TPSA) is 0 Å². The van der Waals surface area contributed by atoms with Gasteiger partial charge < -0.3 is 6.92 Å². The van der Waals surface area contributed by atoms with Gasteiger partial charge in [0.05, 0.1) is 0 Å². The zero-order valence-electron chi connectivity index (χ0n) is 3.43. The Morgan fingerprint density at radius 1 is 0.833 bits per heavy atom. The largest absolute Gasteiger partial charge is 0.346 e. The maximum Gasteiger partial charge on any atom is 0 e. The van der Waals surface area contributed by atoms with E-state index in [1.54, 1.807) is 6.92 Å². The molecule has 0 heterocycles. The summed E-state index contributed by atoms with van der Waals surface area (Å²) in [5, 5.41) is 0. The summed E-state index contributed by atoms with van der Waals surface area (Å²) in [5.41, 5.74) is 0. The summed E-state index contributed by atoms with van der Waals surface area (Å²) in [6, 6.07) is 0. The summed E-state index contributed by atoms with van der Waals surface area (Å²) in [4.78, 5) is 0. The second-order valence-corrected chi connectivity index (χ2v) is 0. The summed E-state index contributed by atoms with van der Waals surface area (Å²) in [5.74, 6) is 0. The first-order chi connectivity index (χ1) is 1.00. The van der Waals surface area contributed by atoms with Crippen LogP contribution in [0.15, 0.2) is 0 Å². The van der Waals surface area contributed by atoms with Gasteiger partial charge in [0.2, 0.25) is 0 Å². The third-order valence-corrected chi connectivity index (χ3v) is 0. The number of hydrogen-bond donors (Lipinski definition) is 0. The molecule has 0 N–H and O–H groups in total. The molecule has 0 aliphatic heterocycles. The van der Waals surface area contributed by atoms with E-state index in [9.17, 15) is 0 Å². The van der Waals surface area contributed by atoms with E-state index in [4.69, 9.17) is 0 Å². The summed E-state index contributed by atoms with van der Waals surface area (Å²) in [6.45, 7) is 5.00. The average molecular weight is 317 g/mol. The van der Waals surface area contributed by atoms with Gasteiger partial charge in [-0.1, -0.05) is 0 Å². The van der Waals surface area contributed by atoms with Crippen molar-refractivity contribution in [3.63, 3.8) is 0 Å². The van der Waals surface area contributed by atoms with Crippen molar-refractivity contribution in [3.05, 3.63) is 6.92 Å². The maximum atomic E-state index is 3.25. The third-order valence-electron chi connectivity index (χ3n) is 0. The van der Waals surface area contributed by atoms with Crippen LogP contribution >= 0.6 is 37.2 Å². The molecule has 0 aliphatic rings. The van der Waals surface area contributed by atoms with Gasteiger partial charge in [0, 0.05) is 25.8 Å². The van der Waals surface area contributed by atoms with E-state index >= 15 is 0 Å². The maximum absolute atomic E-state index is 3.25. The second kappa shape index (κ2) is 73.3. The van der Waals surface area contributed by atoms with Crippen LogP contribution in [0.1, 0.15) is 6.92 Å². The summed E-state index contributed by atoms with van der Waals surface area (Å²) < 4.78 is 0. The molecule has 0 aromatic rings. The molecule has 0 spiro atoms. The van der Waals surface area contributed by atoms with Crippen molar-refractivity contribution in [2.45, 2.75) is 6.92 Å². The number of rotatable bonds is 0. The summed E-state index contributed by atoms with van der Waals surface area (Å²) >= 11 is 0. The fourth-order valence-electron chi connectivity index (χ4n) is 0. The van der Waals surface area contributed by atoms with Crippen LogP contribution < -0.4 is 0 Å². The van der Waals surface area contributed by atoms with Gasteiger partial charge in [0.25, 0.3) is 0 Å². The minimum atomic E-state index is 0. The Balaban J connectivity index is -0.000000000833. The Morgan fingerprint density at radius 3 is 0.833 bits per heavy atom. The van der Waals surface area contributed by atoms with E-state index < -0.39 is 0 Å². The van der Waals surface area contributed by atoms with Gasteiger partial charge >= 0.3 is 0 Å². The molecule has 0 aromatic heterocycles. The van der Waals surface area contributed by atoms with Crippen LogP contribution in [0.2, 0.25) is 0 Å². The molecule has 0 saturated heterocycles. The van der Waals surface area contributed by atoms with Gasteiger partial charge in [-0.25, -0.2) is 0 Å². The molecule has 0 rings (SSSR count). The van der Waals surface area contributed by atoms with Crippen molar-refractivity contribution in [1.29, 1.82) is 0 Å². The first-order valence-corrected chi connectivity index (χ1v) is 0.707. The zero-order chi connectivity index (χ0) is 2.00. The summed E-state index contributed by atoms with van der Waals surface area (Å²) in [7, 11) is 0. The molecular weight excluding hydrogens is 309 g/mol. The molecule has 0 bridgehead atoms. The van der Waals surface area contributed by atoms with Crippen molar-refractivity contribution in [3.8, 4) is 0 Å². The van der Waals surface area contributed by atoms with Gasteiger partial charge in [-0.3, -0.25) is 0 Å². The normalized spacial score (nSPS) is 1.00. The van der Waals surface area contributed by atoms with Crippen LogP contribution in [-0.4, -0.2) is 0 Å². The molecule has 0 aliphatic carbocycles. The molecule has 0 saturated carbocycles. The minimum absolute atomic E-state index is 0. The Morgan fingerprint density at radius 2 is 0.833 bits per heavy atom. The number of halogens is 3. The first kappa shape index (κ1) is 46.8. The second-order valence-electron chi connectivity index (χ2n) is 0. The van der Waals surface area contributed by atoms with Crippen LogP contribution in [0.3, 0.4) is 0 Å². The standard InChI is InChI=1S/C2H5.3ClH.Hf/c1-2;;;;/h1H2,2H3;3*1H;/q-1;;;;. The molecule has 0 radical (unpaired) electrons. The minimum Gasteiger partial charge on any atom is -0.346 e. The molecule has 4 heteroatoms. The van der Waals surface area contributed by atoms with Gasteiger partial charge in [-0.2, -0.15) is 6.92 Å². The van der Waals surface area contributed by atoms with E-state index in [0.29, 0.717) is 0 Å². The van der Waals surface area contributed by atoms with Crippen molar-refractivity contribution >= 4 is 37.2 Å². The fraction of sp³-hybridized carbons (Fsp3) is 0.500. The van der Waals surface area contributed by atoms with E-state index in [2.05, 4.69) is 6.92 Å². The third kappa shape index (κ3) is 42.6. The monoisotopic (exact) mass is 317 g/mol. The molecule has 0 aromatic carbocycles. The van der Waals surface area contributed by atoms with Gasteiger partial charge in [0.15, 0.2) is 0 Å².